The first-order chi connectivity index (χ1) is 14.3. The van der Waals surface area contributed by atoms with Gasteiger partial charge in [0.1, 0.15) is 11.8 Å². The van der Waals surface area contributed by atoms with E-state index in [1.807, 2.05) is 32.9 Å². The van der Waals surface area contributed by atoms with Gasteiger partial charge in [-0.1, -0.05) is 62.2 Å². The van der Waals surface area contributed by atoms with E-state index in [0.29, 0.717) is 34.7 Å². The van der Waals surface area contributed by atoms with Crippen molar-refractivity contribution in [1.29, 1.82) is 0 Å². The topological polar surface area (TPSA) is 58.6 Å². The lowest BCUT2D eigenvalue weighted by Crippen LogP contribution is -2.50. The van der Waals surface area contributed by atoms with Crippen LogP contribution in [0.25, 0.3) is 0 Å². The fourth-order valence-electron chi connectivity index (χ4n) is 2.91. The zero-order valence-corrected chi connectivity index (χ0v) is 19.0. The number of carbonyl (C=O) groups excluding carboxylic acids is 2. The summed E-state index contributed by atoms with van der Waals surface area (Å²) in [6, 6.07) is 13.5. The van der Waals surface area contributed by atoms with Crippen LogP contribution in [-0.4, -0.2) is 35.9 Å². The summed E-state index contributed by atoms with van der Waals surface area (Å²) in [5.74, 6) is 0.366. The number of benzene rings is 2. The third-order valence-corrected chi connectivity index (χ3v) is 4.98. The Bertz CT molecular complexity index is 841. The molecule has 0 bridgehead atoms. The first-order valence-corrected chi connectivity index (χ1v) is 10.8. The fourth-order valence-corrected chi connectivity index (χ4v) is 3.22. The zero-order chi connectivity index (χ0) is 22.1. The highest BCUT2D eigenvalue weighted by molar-refractivity contribution is 6.30. The van der Waals surface area contributed by atoms with Gasteiger partial charge in [-0.3, -0.25) is 9.59 Å². The second kappa shape index (κ2) is 11.8. The van der Waals surface area contributed by atoms with Crippen LogP contribution < -0.4 is 10.1 Å². The molecule has 0 unspecified atom stereocenters. The normalized spacial score (nSPS) is 11.8. The Labute approximate surface area is 188 Å². The Morgan fingerprint density at radius 3 is 2.37 bits per heavy atom. The van der Waals surface area contributed by atoms with Crippen molar-refractivity contribution in [3.63, 3.8) is 0 Å². The van der Waals surface area contributed by atoms with E-state index in [9.17, 15) is 9.59 Å². The molecule has 162 valence electrons. The summed E-state index contributed by atoms with van der Waals surface area (Å²) in [4.78, 5) is 27.4. The Hall–Kier alpha value is -2.24. The molecule has 2 aromatic carbocycles. The van der Waals surface area contributed by atoms with Crippen LogP contribution in [0.3, 0.4) is 0 Å². The highest BCUT2D eigenvalue weighted by Crippen LogP contribution is 2.19. The van der Waals surface area contributed by atoms with E-state index in [-0.39, 0.29) is 25.0 Å². The Balaban J connectivity index is 2.18. The quantitative estimate of drug-likeness (QED) is 0.556. The summed E-state index contributed by atoms with van der Waals surface area (Å²) < 4.78 is 5.63. The van der Waals surface area contributed by atoms with E-state index in [2.05, 4.69) is 5.32 Å². The summed E-state index contributed by atoms with van der Waals surface area (Å²) in [5, 5.41) is 4.07. The molecule has 0 spiro atoms. The van der Waals surface area contributed by atoms with Gasteiger partial charge in [0.05, 0.1) is 0 Å². The lowest BCUT2D eigenvalue weighted by molar-refractivity contribution is -0.143. The number of halogens is 2. The monoisotopic (exact) mass is 450 g/mol. The highest BCUT2D eigenvalue weighted by Gasteiger charge is 2.29. The van der Waals surface area contributed by atoms with Crippen LogP contribution in [0.5, 0.6) is 5.75 Å². The van der Waals surface area contributed by atoms with Gasteiger partial charge in [-0.2, -0.15) is 0 Å². The molecule has 0 aliphatic carbocycles. The molecule has 0 aliphatic rings. The van der Waals surface area contributed by atoms with Gasteiger partial charge >= 0.3 is 0 Å². The standard InChI is InChI=1S/C23H28Cl2N2O3/c1-4-21(23(29)26-13-16(2)3)27(14-17-8-10-18(24)11-9-17)22(28)15-30-20-7-5-6-19(25)12-20/h5-12,16,21H,4,13-15H2,1-3H3,(H,26,29)/t21-/m0/s1. The maximum Gasteiger partial charge on any atom is 0.261 e. The molecule has 30 heavy (non-hydrogen) atoms. The molecule has 0 aromatic heterocycles. The van der Waals surface area contributed by atoms with Crippen LogP contribution >= 0.6 is 23.2 Å². The van der Waals surface area contributed by atoms with Gasteiger partial charge < -0.3 is 15.0 Å². The summed E-state index contributed by atoms with van der Waals surface area (Å²) in [6.07, 6.45) is 0.487. The van der Waals surface area contributed by atoms with Gasteiger partial charge in [0.2, 0.25) is 5.91 Å². The highest BCUT2D eigenvalue weighted by atomic mass is 35.5. The molecule has 0 aliphatic heterocycles. The summed E-state index contributed by atoms with van der Waals surface area (Å²) in [7, 11) is 0. The van der Waals surface area contributed by atoms with Gasteiger partial charge in [-0.15, -0.1) is 0 Å². The smallest absolute Gasteiger partial charge is 0.261 e. The largest absolute Gasteiger partial charge is 0.484 e. The molecule has 2 rings (SSSR count). The summed E-state index contributed by atoms with van der Waals surface area (Å²) in [5.41, 5.74) is 0.880. The first kappa shape index (κ1) is 24.0. The zero-order valence-electron chi connectivity index (χ0n) is 17.5. The fraction of sp³-hybridized carbons (Fsp3) is 0.391. The van der Waals surface area contributed by atoms with Crippen molar-refractivity contribution >= 4 is 35.0 Å². The third kappa shape index (κ3) is 7.54. The molecule has 0 heterocycles. The van der Waals surface area contributed by atoms with Crippen LogP contribution in [-0.2, 0) is 16.1 Å². The van der Waals surface area contributed by atoms with Crippen molar-refractivity contribution in [2.24, 2.45) is 5.92 Å². The Morgan fingerprint density at radius 1 is 1.07 bits per heavy atom. The summed E-state index contributed by atoms with van der Waals surface area (Å²) in [6.45, 7) is 6.58. The Kier molecular flexibility index (Phi) is 9.47. The van der Waals surface area contributed by atoms with Gasteiger partial charge in [0, 0.05) is 23.1 Å². The summed E-state index contributed by atoms with van der Waals surface area (Å²) >= 11 is 12.0. The number of amides is 2. The molecule has 7 heteroatoms. The number of rotatable bonds is 10. The van der Waals surface area contributed by atoms with Crippen molar-refractivity contribution in [1.82, 2.24) is 10.2 Å². The molecule has 1 atom stereocenters. The van der Waals surface area contributed by atoms with Gasteiger partial charge in [0.15, 0.2) is 6.61 Å². The van der Waals surface area contributed by atoms with Crippen LogP contribution in [0.15, 0.2) is 48.5 Å². The number of hydrogen-bond acceptors (Lipinski definition) is 3. The molecule has 0 radical (unpaired) electrons. The van der Waals surface area contributed by atoms with Crippen molar-refractivity contribution in [3.05, 3.63) is 64.1 Å². The maximum atomic E-state index is 13.1. The molecule has 2 aromatic rings. The van der Waals surface area contributed by atoms with E-state index in [1.165, 1.54) is 0 Å². The molecular weight excluding hydrogens is 423 g/mol. The molecular formula is C23H28Cl2N2O3. The Morgan fingerprint density at radius 2 is 1.77 bits per heavy atom. The molecule has 1 N–H and O–H groups in total. The first-order valence-electron chi connectivity index (χ1n) is 10.00. The van der Waals surface area contributed by atoms with Gasteiger partial charge in [-0.25, -0.2) is 0 Å². The van der Waals surface area contributed by atoms with E-state index in [1.54, 1.807) is 41.3 Å². The predicted octanol–water partition coefficient (Wildman–Crippen LogP) is 4.95. The van der Waals surface area contributed by atoms with Crippen molar-refractivity contribution in [2.45, 2.75) is 39.8 Å². The minimum Gasteiger partial charge on any atom is -0.484 e. The van der Waals surface area contributed by atoms with Crippen molar-refractivity contribution in [2.75, 3.05) is 13.2 Å². The van der Waals surface area contributed by atoms with E-state index in [4.69, 9.17) is 27.9 Å². The number of carbonyl (C=O) groups is 2. The molecule has 5 nitrogen and oxygen atoms in total. The average Bonchev–Trinajstić information content (AvgIpc) is 2.71. The van der Waals surface area contributed by atoms with Gasteiger partial charge in [0.25, 0.3) is 5.91 Å². The average molecular weight is 451 g/mol. The number of ether oxygens (including phenoxy) is 1. The van der Waals surface area contributed by atoms with Crippen LogP contribution in [0.1, 0.15) is 32.8 Å². The van der Waals surface area contributed by atoms with Crippen LogP contribution in [0.2, 0.25) is 10.0 Å². The number of nitrogens with zero attached hydrogens (tertiary/aromatic N) is 1. The van der Waals surface area contributed by atoms with Crippen molar-refractivity contribution in [3.8, 4) is 5.75 Å². The number of nitrogens with one attached hydrogen (secondary N) is 1. The second-order valence-electron chi connectivity index (χ2n) is 7.46. The molecule has 2 amide bonds. The van der Waals surface area contributed by atoms with Crippen molar-refractivity contribution < 1.29 is 14.3 Å². The van der Waals surface area contributed by atoms with E-state index < -0.39 is 6.04 Å². The maximum absolute atomic E-state index is 13.1. The number of hydrogen-bond donors (Lipinski definition) is 1. The van der Waals surface area contributed by atoms with E-state index in [0.717, 1.165) is 5.56 Å². The van der Waals surface area contributed by atoms with Crippen LogP contribution in [0.4, 0.5) is 0 Å². The lowest BCUT2D eigenvalue weighted by atomic mass is 10.1. The minimum atomic E-state index is -0.602. The molecule has 0 fully saturated rings. The second-order valence-corrected chi connectivity index (χ2v) is 8.33. The third-order valence-electron chi connectivity index (χ3n) is 4.50. The van der Waals surface area contributed by atoms with Gasteiger partial charge in [-0.05, 0) is 48.2 Å². The molecule has 0 saturated carbocycles. The van der Waals surface area contributed by atoms with E-state index >= 15 is 0 Å². The van der Waals surface area contributed by atoms with Crippen LogP contribution in [0, 0.1) is 5.92 Å². The minimum absolute atomic E-state index is 0.170. The molecule has 0 saturated heterocycles. The lowest BCUT2D eigenvalue weighted by Gasteiger charge is -2.30. The SMILES string of the molecule is CC[C@@H](C(=O)NCC(C)C)N(Cc1ccc(Cl)cc1)C(=O)COc1cccc(Cl)c1. The predicted molar refractivity (Wildman–Crippen MR) is 121 cm³/mol.